The number of benzene rings is 1. The van der Waals surface area contributed by atoms with Crippen LogP contribution in [0.3, 0.4) is 0 Å². The second-order valence-electron chi connectivity index (χ2n) is 3.96. The summed E-state index contributed by atoms with van der Waals surface area (Å²) in [5, 5.41) is 2.96. The molecule has 1 aromatic carbocycles. The van der Waals surface area contributed by atoms with Crippen molar-refractivity contribution in [1.82, 2.24) is 5.32 Å². The Hall–Kier alpha value is -0.100. The van der Waals surface area contributed by atoms with E-state index >= 15 is 0 Å². The lowest BCUT2D eigenvalue weighted by atomic mass is 10.1. The maximum absolute atomic E-state index is 11.9. The first-order valence-corrected chi connectivity index (χ1v) is 8.07. The van der Waals surface area contributed by atoms with Crippen molar-refractivity contribution < 1.29 is 4.79 Å². The number of rotatable bonds is 6. The summed E-state index contributed by atoms with van der Waals surface area (Å²) in [7, 11) is 0. The van der Waals surface area contributed by atoms with Crippen molar-refractivity contribution in [3.8, 4) is 0 Å². The average Bonchev–Trinajstić information content (AvgIpc) is 2.28. The highest BCUT2D eigenvalue weighted by Gasteiger charge is 2.07. The Kier molecular flexibility index (Phi) is 7.11. The number of aryl methyl sites for hydroxylation is 1. The van der Waals surface area contributed by atoms with Gasteiger partial charge in [-0.1, -0.05) is 44.9 Å². The maximum Gasteiger partial charge on any atom is 0.251 e. The first kappa shape index (κ1) is 15.0. The Labute approximate surface area is 125 Å². The fourth-order valence-corrected chi connectivity index (χ4v) is 2.59. The van der Waals surface area contributed by atoms with Crippen LogP contribution in [0.25, 0.3) is 0 Å². The summed E-state index contributed by atoms with van der Waals surface area (Å²) in [6.07, 6.45) is 3.47. The SMILES string of the molecule is Cc1cc(Br)ccc1C(=O)NCCCCCI. The van der Waals surface area contributed by atoms with Gasteiger partial charge in [-0.15, -0.1) is 0 Å². The van der Waals surface area contributed by atoms with E-state index in [4.69, 9.17) is 0 Å². The molecule has 1 rings (SSSR count). The molecule has 0 aliphatic rings. The number of carbonyl (C=O) groups excluding carboxylic acids is 1. The summed E-state index contributed by atoms with van der Waals surface area (Å²) in [4.78, 5) is 11.9. The zero-order chi connectivity index (χ0) is 12.7. The zero-order valence-electron chi connectivity index (χ0n) is 9.93. The number of hydrogen-bond acceptors (Lipinski definition) is 1. The zero-order valence-corrected chi connectivity index (χ0v) is 13.7. The fourth-order valence-electron chi connectivity index (χ4n) is 1.58. The molecule has 0 bridgehead atoms. The summed E-state index contributed by atoms with van der Waals surface area (Å²) in [6, 6.07) is 5.72. The molecule has 4 heteroatoms. The summed E-state index contributed by atoms with van der Waals surface area (Å²) >= 11 is 5.77. The number of nitrogens with one attached hydrogen (secondary N) is 1. The lowest BCUT2D eigenvalue weighted by molar-refractivity contribution is 0.0952. The molecule has 0 aromatic heterocycles. The lowest BCUT2D eigenvalue weighted by Crippen LogP contribution is -2.25. The molecule has 1 N–H and O–H groups in total. The Morgan fingerprint density at radius 1 is 1.35 bits per heavy atom. The molecule has 0 heterocycles. The first-order valence-electron chi connectivity index (χ1n) is 5.75. The number of amides is 1. The topological polar surface area (TPSA) is 29.1 Å². The first-order chi connectivity index (χ1) is 8.15. The molecule has 0 aliphatic heterocycles. The van der Waals surface area contributed by atoms with Crippen molar-refractivity contribution in [2.75, 3.05) is 11.0 Å². The highest BCUT2D eigenvalue weighted by Crippen LogP contribution is 2.15. The van der Waals surface area contributed by atoms with Gasteiger partial charge in [0.05, 0.1) is 0 Å². The van der Waals surface area contributed by atoms with Gasteiger partial charge in [0.25, 0.3) is 5.91 Å². The summed E-state index contributed by atoms with van der Waals surface area (Å²) in [5.41, 5.74) is 1.77. The van der Waals surface area contributed by atoms with Crippen LogP contribution >= 0.6 is 38.5 Å². The van der Waals surface area contributed by atoms with Crippen LogP contribution < -0.4 is 5.32 Å². The maximum atomic E-state index is 11.9. The van der Waals surface area contributed by atoms with Gasteiger partial charge in [-0.2, -0.15) is 0 Å². The van der Waals surface area contributed by atoms with E-state index in [9.17, 15) is 4.79 Å². The molecule has 1 amide bonds. The van der Waals surface area contributed by atoms with Gasteiger partial charge in [0.1, 0.15) is 0 Å². The van der Waals surface area contributed by atoms with Crippen LogP contribution in [0, 0.1) is 6.92 Å². The van der Waals surface area contributed by atoms with Gasteiger partial charge in [-0.05, 0) is 48.0 Å². The molecule has 17 heavy (non-hydrogen) atoms. The molecule has 0 atom stereocenters. The molecule has 94 valence electrons. The third-order valence-corrected chi connectivity index (χ3v) is 3.79. The van der Waals surface area contributed by atoms with Crippen molar-refractivity contribution in [2.24, 2.45) is 0 Å². The van der Waals surface area contributed by atoms with Gasteiger partial charge in [-0.25, -0.2) is 0 Å². The highest BCUT2D eigenvalue weighted by molar-refractivity contribution is 14.1. The summed E-state index contributed by atoms with van der Waals surface area (Å²) in [6.45, 7) is 2.72. The van der Waals surface area contributed by atoms with E-state index < -0.39 is 0 Å². The lowest BCUT2D eigenvalue weighted by Gasteiger charge is -2.07. The van der Waals surface area contributed by atoms with Crippen molar-refractivity contribution >= 4 is 44.4 Å². The monoisotopic (exact) mass is 409 g/mol. The minimum atomic E-state index is 0.0319. The smallest absolute Gasteiger partial charge is 0.251 e. The molecule has 0 fully saturated rings. The summed E-state index contributed by atoms with van der Waals surface area (Å²) < 4.78 is 2.20. The van der Waals surface area contributed by atoms with Crippen LogP contribution in [0.2, 0.25) is 0 Å². The Morgan fingerprint density at radius 3 is 2.76 bits per heavy atom. The number of unbranched alkanes of at least 4 members (excludes halogenated alkanes) is 2. The molecule has 0 saturated heterocycles. The Bertz CT molecular complexity index is 382. The number of hydrogen-bond donors (Lipinski definition) is 1. The third kappa shape index (κ3) is 5.38. The predicted molar refractivity (Wildman–Crippen MR) is 84.0 cm³/mol. The van der Waals surface area contributed by atoms with Crippen LogP contribution in [0.4, 0.5) is 0 Å². The fraction of sp³-hybridized carbons (Fsp3) is 0.462. The van der Waals surface area contributed by atoms with Crippen LogP contribution in [0.5, 0.6) is 0 Å². The van der Waals surface area contributed by atoms with Gasteiger partial charge in [0.2, 0.25) is 0 Å². The van der Waals surface area contributed by atoms with E-state index in [0.29, 0.717) is 0 Å². The van der Waals surface area contributed by atoms with Crippen LogP contribution in [0.1, 0.15) is 35.2 Å². The molecule has 0 spiro atoms. The molecular weight excluding hydrogens is 393 g/mol. The van der Waals surface area contributed by atoms with E-state index in [-0.39, 0.29) is 5.91 Å². The van der Waals surface area contributed by atoms with Crippen LogP contribution in [-0.2, 0) is 0 Å². The van der Waals surface area contributed by atoms with Gasteiger partial charge in [-0.3, -0.25) is 4.79 Å². The van der Waals surface area contributed by atoms with E-state index in [0.717, 1.165) is 28.6 Å². The van der Waals surface area contributed by atoms with Gasteiger partial charge in [0.15, 0.2) is 0 Å². The predicted octanol–water partition coefficient (Wildman–Crippen LogP) is 4.09. The molecule has 0 unspecified atom stereocenters. The molecule has 0 radical (unpaired) electrons. The van der Waals surface area contributed by atoms with Crippen molar-refractivity contribution in [2.45, 2.75) is 26.2 Å². The molecule has 0 saturated carbocycles. The quantitative estimate of drug-likeness (QED) is 0.428. The Balaban J connectivity index is 2.42. The standard InChI is InChI=1S/C13H17BrINO/c1-10-9-11(14)5-6-12(10)13(17)16-8-4-2-3-7-15/h5-6,9H,2-4,7-8H2,1H3,(H,16,17). The minimum Gasteiger partial charge on any atom is -0.352 e. The van der Waals surface area contributed by atoms with Gasteiger partial charge < -0.3 is 5.32 Å². The van der Waals surface area contributed by atoms with Crippen LogP contribution in [0.15, 0.2) is 22.7 Å². The minimum absolute atomic E-state index is 0.0319. The molecular formula is C13H17BrINO. The molecule has 1 aromatic rings. The molecule has 2 nitrogen and oxygen atoms in total. The second-order valence-corrected chi connectivity index (χ2v) is 5.96. The van der Waals surface area contributed by atoms with Crippen LogP contribution in [-0.4, -0.2) is 16.9 Å². The van der Waals surface area contributed by atoms with E-state index in [1.807, 2.05) is 25.1 Å². The van der Waals surface area contributed by atoms with Gasteiger partial charge in [0, 0.05) is 16.6 Å². The van der Waals surface area contributed by atoms with Gasteiger partial charge >= 0.3 is 0 Å². The summed E-state index contributed by atoms with van der Waals surface area (Å²) in [5.74, 6) is 0.0319. The van der Waals surface area contributed by atoms with E-state index in [2.05, 4.69) is 43.8 Å². The molecule has 0 aliphatic carbocycles. The Morgan fingerprint density at radius 2 is 2.12 bits per heavy atom. The van der Waals surface area contributed by atoms with Crippen molar-refractivity contribution in [3.63, 3.8) is 0 Å². The third-order valence-electron chi connectivity index (χ3n) is 2.53. The van der Waals surface area contributed by atoms with Crippen molar-refractivity contribution in [3.05, 3.63) is 33.8 Å². The van der Waals surface area contributed by atoms with E-state index in [1.165, 1.54) is 17.3 Å². The largest absolute Gasteiger partial charge is 0.352 e. The second kappa shape index (κ2) is 8.08. The number of alkyl halides is 1. The average molecular weight is 410 g/mol. The van der Waals surface area contributed by atoms with E-state index in [1.54, 1.807) is 0 Å². The highest BCUT2D eigenvalue weighted by atomic mass is 127. The number of halogens is 2. The normalized spacial score (nSPS) is 10.3. The number of carbonyl (C=O) groups is 1. The van der Waals surface area contributed by atoms with Crippen molar-refractivity contribution in [1.29, 1.82) is 0 Å².